The molecule has 5 heteroatoms. The monoisotopic (exact) mass is 383 g/mol. The molecule has 4 nitrogen and oxygen atoms in total. The smallest absolute Gasteiger partial charge is 0.280 e. The number of rotatable bonds is 3. The maximum atomic E-state index is 12.7. The Morgan fingerprint density at radius 2 is 1.67 bits per heavy atom. The van der Waals surface area contributed by atoms with Crippen LogP contribution in [0.2, 0.25) is 0 Å². The molecule has 0 unspecified atom stereocenters. The van der Waals surface area contributed by atoms with Gasteiger partial charge in [0, 0.05) is 24.3 Å². The molecule has 2 aromatic rings. The highest BCUT2D eigenvalue weighted by atomic mass is 79.9. The fourth-order valence-corrected chi connectivity index (χ4v) is 2.74. The molecule has 0 radical (unpaired) electrons. The van der Waals surface area contributed by atoms with E-state index in [0.29, 0.717) is 5.57 Å². The second-order valence-corrected chi connectivity index (χ2v) is 6.74. The molecule has 2 aromatic carbocycles. The molecule has 0 atom stereocenters. The molecule has 1 aliphatic rings. The van der Waals surface area contributed by atoms with Gasteiger partial charge in [0.25, 0.3) is 5.91 Å². The van der Waals surface area contributed by atoms with Gasteiger partial charge >= 0.3 is 0 Å². The first kappa shape index (κ1) is 16.5. The maximum absolute atomic E-state index is 12.7. The normalized spacial score (nSPS) is 15.8. The summed E-state index contributed by atoms with van der Waals surface area (Å²) in [5.74, 6) is -0.105. The average molecular weight is 384 g/mol. The molecule has 0 bridgehead atoms. The standard InChI is InChI=1S/C19H18BrN3O/c1-13-18(12-14-4-8-16(9-5-14)22(2)3)19(24)23(21-13)17-10-6-15(20)7-11-17/h4-12H,1-3H3. The highest BCUT2D eigenvalue weighted by Gasteiger charge is 2.28. The van der Waals surface area contributed by atoms with E-state index in [1.807, 2.05) is 80.5 Å². The van der Waals surface area contributed by atoms with Crippen LogP contribution < -0.4 is 9.91 Å². The summed E-state index contributed by atoms with van der Waals surface area (Å²) in [4.78, 5) is 14.7. The van der Waals surface area contributed by atoms with E-state index in [-0.39, 0.29) is 5.91 Å². The molecule has 24 heavy (non-hydrogen) atoms. The van der Waals surface area contributed by atoms with Crippen molar-refractivity contribution in [1.82, 2.24) is 0 Å². The van der Waals surface area contributed by atoms with Gasteiger partial charge in [-0.2, -0.15) is 10.1 Å². The number of benzene rings is 2. The fourth-order valence-electron chi connectivity index (χ4n) is 2.48. The largest absolute Gasteiger partial charge is 0.378 e. The third-order valence-corrected chi connectivity index (χ3v) is 4.38. The number of hydrogen-bond acceptors (Lipinski definition) is 3. The number of anilines is 2. The van der Waals surface area contributed by atoms with Crippen molar-refractivity contribution in [3.8, 4) is 0 Å². The zero-order chi connectivity index (χ0) is 17.3. The van der Waals surface area contributed by atoms with E-state index >= 15 is 0 Å². The van der Waals surface area contributed by atoms with Gasteiger partial charge in [0.1, 0.15) is 0 Å². The maximum Gasteiger partial charge on any atom is 0.280 e. The summed E-state index contributed by atoms with van der Waals surface area (Å²) in [6, 6.07) is 15.6. The Labute approximate surface area is 150 Å². The van der Waals surface area contributed by atoms with Gasteiger partial charge in [0.15, 0.2) is 0 Å². The van der Waals surface area contributed by atoms with Crippen molar-refractivity contribution in [3.63, 3.8) is 0 Å². The third-order valence-electron chi connectivity index (χ3n) is 3.85. The third kappa shape index (κ3) is 3.26. The Morgan fingerprint density at radius 1 is 1.04 bits per heavy atom. The van der Waals surface area contributed by atoms with Gasteiger partial charge in [0.05, 0.1) is 17.0 Å². The SMILES string of the molecule is CC1=NN(c2ccc(Br)cc2)C(=O)C1=Cc1ccc(N(C)C)cc1. The molecule has 0 aliphatic carbocycles. The molecular formula is C19H18BrN3O. The Morgan fingerprint density at radius 3 is 2.25 bits per heavy atom. The zero-order valence-corrected chi connectivity index (χ0v) is 15.4. The Balaban J connectivity index is 1.88. The van der Waals surface area contributed by atoms with Gasteiger partial charge in [-0.15, -0.1) is 0 Å². The quantitative estimate of drug-likeness (QED) is 0.739. The van der Waals surface area contributed by atoms with Crippen molar-refractivity contribution in [3.05, 3.63) is 64.1 Å². The minimum atomic E-state index is -0.105. The number of carbonyl (C=O) groups excluding carboxylic acids is 1. The number of carbonyl (C=O) groups is 1. The zero-order valence-electron chi connectivity index (χ0n) is 13.8. The van der Waals surface area contributed by atoms with E-state index in [9.17, 15) is 4.79 Å². The van der Waals surface area contributed by atoms with Gasteiger partial charge in [-0.05, 0) is 55.0 Å². The summed E-state index contributed by atoms with van der Waals surface area (Å²) < 4.78 is 0.968. The van der Waals surface area contributed by atoms with Gasteiger partial charge in [0.2, 0.25) is 0 Å². The first-order chi connectivity index (χ1) is 11.5. The molecule has 1 amide bonds. The van der Waals surface area contributed by atoms with E-state index in [2.05, 4.69) is 21.0 Å². The van der Waals surface area contributed by atoms with E-state index in [1.54, 1.807) is 0 Å². The minimum absolute atomic E-state index is 0.105. The van der Waals surface area contributed by atoms with E-state index < -0.39 is 0 Å². The van der Waals surface area contributed by atoms with Crippen molar-refractivity contribution >= 4 is 45.0 Å². The lowest BCUT2D eigenvalue weighted by Gasteiger charge is -2.12. The van der Waals surface area contributed by atoms with E-state index in [1.165, 1.54) is 5.01 Å². The number of amides is 1. The van der Waals surface area contributed by atoms with Crippen LogP contribution in [0.5, 0.6) is 0 Å². The Kier molecular flexibility index (Phi) is 4.53. The highest BCUT2D eigenvalue weighted by molar-refractivity contribution is 9.10. The minimum Gasteiger partial charge on any atom is -0.378 e. The van der Waals surface area contributed by atoms with E-state index in [0.717, 1.165) is 27.1 Å². The van der Waals surface area contributed by atoms with Crippen LogP contribution in [0.1, 0.15) is 12.5 Å². The molecular weight excluding hydrogens is 366 g/mol. The van der Waals surface area contributed by atoms with Gasteiger partial charge in [-0.25, -0.2) is 0 Å². The van der Waals surface area contributed by atoms with Crippen LogP contribution in [0.4, 0.5) is 11.4 Å². The van der Waals surface area contributed by atoms with Gasteiger partial charge in [-0.1, -0.05) is 28.1 Å². The van der Waals surface area contributed by atoms with Crippen LogP contribution in [-0.4, -0.2) is 25.7 Å². The second-order valence-electron chi connectivity index (χ2n) is 5.82. The van der Waals surface area contributed by atoms with Crippen LogP contribution >= 0.6 is 15.9 Å². The summed E-state index contributed by atoms with van der Waals surface area (Å²) in [5, 5.41) is 5.85. The van der Waals surface area contributed by atoms with Crippen molar-refractivity contribution in [2.24, 2.45) is 5.10 Å². The van der Waals surface area contributed by atoms with Crippen LogP contribution in [0.15, 0.2) is 63.7 Å². The molecule has 0 fully saturated rings. The molecule has 0 aromatic heterocycles. The summed E-state index contributed by atoms with van der Waals surface area (Å²) in [7, 11) is 4.00. The van der Waals surface area contributed by atoms with Crippen molar-refractivity contribution in [2.75, 3.05) is 24.0 Å². The molecule has 1 aliphatic heterocycles. The first-order valence-electron chi connectivity index (χ1n) is 7.60. The van der Waals surface area contributed by atoms with E-state index in [4.69, 9.17) is 0 Å². The molecule has 122 valence electrons. The molecule has 0 spiro atoms. The highest BCUT2D eigenvalue weighted by Crippen LogP contribution is 2.26. The van der Waals surface area contributed by atoms with Crippen LogP contribution in [0, 0.1) is 0 Å². The number of hydrazone groups is 1. The average Bonchev–Trinajstić information content (AvgIpc) is 2.84. The summed E-state index contributed by atoms with van der Waals surface area (Å²) in [6.07, 6.45) is 1.89. The summed E-state index contributed by atoms with van der Waals surface area (Å²) >= 11 is 3.40. The van der Waals surface area contributed by atoms with Crippen molar-refractivity contribution < 1.29 is 4.79 Å². The number of hydrogen-bond donors (Lipinski definition) is 0. The van der Waals surface area contributed by atoms with Crippen LogP contribution in [0.3, 0.4) is 0 Å². The van der Waals surface area contributed by atoms with Crippen LogP contribution in [-0.2, 0) is 4.79 Å². The molecule has 0 N–H and O–H groups in total. The molecule has 1 heterocycles. The van der Waals surface area contributed by atoms with Gasteiger partial charge < -0.3 is 4.90 Å². The number of nitrogens with zero attached hydrogens (tertiary/aromatic N) is 3. The number of halogens is 1. The topological polar surface area (TPSA) is 35.9 Å². The predicted molar refractivity (Wildman–Crippen MR) is 103 cm³/mol. The fraction of sp³-hybridized carbons (Fsp3) is 0.158. The first-order valence-corrected chi connectivity index (χ1v) is 8.40. The molecule has 0 saturated heterocycles. The lowest BCUT2D eigenvalue weighted by Crippen LogP contribution is -2.21. The molecule has 0 saturated carbocycles. The summed E-state index contributed by atoms with van der Waals surface area (Å²) in [5.41, 5.74) is 4.21. The van der Waals surface area contributed by atoms with Crippen molar-refractivity contribution in [1.29, 1.82) is 0 Å². The summed E-state index contributed by atoms with van der Waals surface area (Å²) in [6.45, 7) is 1.86. The van der Waals surface area contributed by atoms with Crippen LogP contribution in [0.25, 0.3) is 6.08 Å². The second kappa shape index (κ2) is 6.61. The lowest BCUT2D eigenvalue weighted by molar-refractivity contribution is -0.114. The Bertz CT molecular complexity index is 821. The van der Waals surface area contributed by atoms with Crippen molar-refractivity contribution in [2.45, 2.75) is 6.92 Å². The lowest BCUT2D eigenvalue weighted by atomic mass is 10.1. The van der Waals surface area contributed by atoms with Gasteiger partial charge in [-0.3, -0.25) is 4.79 Å². The Hall–Kier alpha value is -2.40. The predicted octanol–water partition coefficient (Wildman–Crippen LogP) is 4.32. The molecule has 3 rings (SSSR count).